The Hall–Kier alpha value is -2.09. The summed E-state index contributed by atoms with van der Waals surface area (Å²) in [4.78, 5) is 12.1. The molecule has 2 heteroatoms. The maximum Gasteiger partial charge on any atom is 0.308 e. The van der Waals surface area contributed by atoms with Crippen LogP contribution in [0.3, 0.4) is 0 Å². The molecule has 2 aromatic carbocycles. The van der Waals surface area contributed by atoms with Crippen LogP contribution in [0.1, 0.15) is 114 Å². The number of benzene rings is 2. The Morgan fingerprint density at radius 2 is 1.33 bits per heavy atom. The molecule has 2 fully saturated rings. The number of carbonyl (C=O) groups is 1. The van der Waals surface area contributed by atoms with E-state index >= 15 is 0 Å². The summed E-state index contributed by atoms with van der Waals surface area (Å²) in [5.74, 6) is 2.57. The van der Waals surface area contributed by atoms with Crippen LogP contribution in [0.5, 0.6) is 0 Å². The molecule has 36 heavy (non-hydrogen) atoms. The van der Waals surface area contributed by atoms with Crippen molar-refractivity contribution in [2.45, 2.75) is 110 Å². The van der Waals surface area contributed by atoms with E-state index in [9.17, 15) is 4.79 Å². The van der Waals surface area contributed by atoms with Gasteiger partial charge in [0.15, 0.2) is 0 Å². The van der Waals surface area contributed by atoms with E-state index in [0.717, 1.165) is 50.4 Å². The summed E-state index contributed by atoms with van der Waals surface area (Å²) in [7, 11) is 0. The quantitative estimate of drug-likeness (QED) is 0.232. The van der Waals surface area contributed by atoms with Gasteiger partial charge in [-0.15, -0.1) is 0 Å². The van der Waals surface area contributed by atoms with Crippen LogP contribution in [0.4, 0.5) is 0 Å². The van der Waals surface area contributed by atoms with Gasteiger partial charge in [0.05, 0.1) is 12.5 Å². The number of hydrogen-bond donors (Lipinski definition) is 0. The van der Waals surface area contributed by atoms with Gasteiger partial charge in [0.25, 0.3) is 0 Å². The highest BCUT2D eigenvalue weighted by molar-refractivity contribution is 5.72. The number of ether oxygens (including phenoxy) is 1. The number of hydrogen-bond acceptors (Lipinski definition) is 2. The largest absolute Gasteiger partial charge is 0.465 e. The highest BCUT2D eigenvalue weighted by atomic mass is 16.5. The van der Waals surface area contributed by atoms with Gasteiger partial charge in [0, 0.05) is 0 Å². The topological polar surface area (TPSA) is 26.3 Å². The Morgan fingerprint density at radius 3 is 1.94 bits per heavy atom. The molecule has 0 unspecified atom stereocenters. The van der Waals surface area contributed by atoms with Crippen molar-refractivity contribution in [2.24, 2.45) is 17.8 Å². The van der Waals surface area contributed by atoms with E-state index in [-0.39, 0.29) is 11.9 Å². The fourth-order valence-corrected chi connectivity index (χ4v) is 6.50. The van der Waals surface area contributed by atoms with Gasteiger partial charge in [-0.05, 0) is 104 Å². The van der Waals surface area contributed by atoms with E-state index in [1.165, 1.54) is 73.6 Å². The minimum absolute atomic E-state index is 0.0285. The molecule has 2 aliphatic rings. The van der Waals surface area contributed by atoms with Crippen LogP contribution in [0, 0.1) is 17.8 Å². The molecule has 0 spiro atoms. The number of esters is 1. The minimum atomic E-state index is 0.0285. The summed E-state index contributed by atoms with van der Waals surface area (Å²) in [5, 5.41) is 0. The number of rotatable bonds is 11. The predicted octanol–water partition coefficient (Wildman–Crippen LogP) is 9.51. The van der Waals surface area contributed by atoms with E-state index in [1.54, 1.807) is 0 Å². The molecule has 0 heterocycles. The number of carbonyl (C=O) groups excluding carboxylic acids is 1. The molecule has 0 amide bonds. The van der Waals surface area contributed by atoms with Gasteiger partial charge in [-0.1, -0.05) is 88.1 Å². The van der Waals surface area contributed by atoms with E-state index in [4.69, 9.17) is 4.74 Å². The Labute approximate surface area is 220 Å². The molecule has 0 N–H and O–H groups in total. The lowest BCUT2D eigenvalue weighted by molar-refractivity contribution is -0.150. The number of unbranched alkanes of at least 4 members (excludes halogenated alkanes) is 2. The van der Waals surface area contributed by atoms with Crippen LogP contribution in [-0.2, 0) is 16.0 Å². The van der Waals surface area contributed by atoms with Crippen molar-refractivity contribution in [3.63, 3.8) is 0 Å². The maximum absolute atomic E-state index is 12.1. The normalized spacial score (nSPS) is 24.4. The van der Waals surface area contributed by atoms with Crippen molar-refractivity contribution in [1.82, 2.24) is 0 Å². The molecular formula is C34H48O2. The lowest BCUT2D eigenvalue weighted by Crippen LogP contribution is -2.24. The zero-order chi connectivity index (χ0) is 25.2. The first kappa shape index (κ1) is 27.0. The van der Waals surface area contributed by atoms with Crippen molar-refractivity contribution in [3.8, 4) is 11.1 Å². The summed E-state index contributed by atoms with van der Waals surface area (Å²) < 4.78 is 5.36. The van der Waals surface area contributed by atoms with Crippen molar-refractivity contribution in [2.75, 3.05) is 6.61 Å². The Bertz CT molecular complexity index is 897. The maximum atomic E-state index is 12.1. The molecule has 0 saturated heterocycles. The van der Waals surface area contributed by atoms with Crippen molar-refractivity contribution in [3.05, 3.63) is 59.7 Å². The SMILES string of the molecule is CCCCC[C@H]1CC[C@H](c2ccc(-c3ccc(CC4CCC(C(=O)OCCC)CC4)cc3)cc2)CC1. The van der Waals surface area contributed by atoms with Crippen molar-refractivity contribution < 1.29 is 9.53 Å². The van der Waals surface area contributed by atoms with Gasteiger partial charge in [-0.25, -0.2) is 0 Å². The zero-order valence-electron chi connectivity index (χ0n) is 22.9. The first-order valence-corrected chi connectivity index (χ1v) is 15.0. The molecule has 4 rings (SSSR count). The van der Waals surface area contributed by atoms with Gasteiger partial charge < -0.3 is 4.74 Å². The second-order valence-electron chi connectivity index (χ2n) is 11.6. The molecule has 0 radical (unpaired) electrons. The third kappa shape index (κ3) is 7.70. The third-order valence-corrected chi connectivity index (χ3v) is 8.88. The van der Waals surface area contributed by atoms with E-state index in [0.29, 0.717) is 12.5 Å². The summed E-state index contributed by atoms with van der Waals surface area (Å²) in [6.45, 7) is 4.91. The highest BCUT2D eigenvalue weighted by Crippen LogP contribution is 2.38. The molecule has 0 aromatic heterocycles. The Balaban J connectivity index is 1.23. The summed E-state index contributed by atoms with van der Waals surface area (Å²) >= 11 is 0. The second kappa shape index (κ2) is 14.0. The van der Waals surface area contributed by atoms with Gasteiger partial charge in [-0.3, -0.25) is 4.79 Å². The molecule has 196 valence electrons. The van der Waals surface area contributed by atoms with E-state index in [2.05, 4.69) is 55.5 Å². The minimum Gasteiger partial charge on any atom is -0.465 e. The van der Waals surface area contributed by atoms with Crippen LogP contribution in [0.2, 0.25) is 0 Å². The monoisotopic (exact) mass is 488 g/mol. The third-order valence-electron chi connectivity index (χ3n) is 8.88. The average Bonchev–Trinajstić information content (AvgIpc) is 2.93. The smallest absolute Gasteiger partial charge is 0.308 e. The zero-order valence-corrected chi connectivity index (χ0v) is 22.9. The van der Waals surface area contributed by atoms with Crippen molar-refractivity contribution >= 4 is 5.97 Å². The highest BCUT2D eigenvalue weighted by Gasteiger charge is 2.27. The molecule has 0 aliphatic heterocycles. The van der Waals surface area contributed by atoms with Crippen LogP contribution >= 0.6 is 0 Å². The summed E-state index contributed by atoms with van der Waals surface area (Å²) in [6.07, 6.45) is 17.5. The lowest BCUT2D eigenvalue weighted by Gasteiger charge is -2.29. The van der Waals surface area contributed by atoms with Crippen LogP contribution in [-0.4, -0.2) is 12.6 Å². The Morgan fingerprint density at radius 1 is 0.722 bits per heavy atom. The lowest BCUT2D eigenvalue weighted by atomic mass is 9.77. The predicted molar refractivity (Wildman–Crippen MR) is 151 cm³/mol. The van der Waals surface area contributed by atoms with Crippen molar-refractivity contribution in [1.29, 1.82) is 0 Å². The first-order chi connectivity index (χ1) is 17.7. The molecular weight excluding hydrogens is 440 g/mol. The van der Waals surface area contributed by atoms with Gasteiger partial charge in [-0.2, -0.15) is 0 Å². The van der Waals surface area contributed by atoms with Crippen LogP contribution < -0.4 is 0 Å². The average molecular weight is 489 g/mol. The standard InChI is InChI=1S/C34H48O2/c1-3-5-6-7-26-8-14-29(15-9-26)31-20-22-32(23-21-31)30-16-10-27(11-17-30)25-28-12-18-33(19-13-28)34(35)36-24-4-2/h10-11,16-17,20-23,26,28-29,33H,3-9,12-15,18-19,24-25H2,1-2H3/t26-,28?,29-,33?. The summed E-state index contributed by atoms with van der Waals surface area (Å²) in [6, 6.07) is 18.6. The molecule has 2 aromatic rings. The molecule has 2 saturated carbocycles. The van der Waals surface area contributed by atoms with Gasteiger partial charge in [0.2, 0.25) is 0 Å². The molecule has 2 aliphatic carbocycles. The van der Waals surface area contributed by atoms with Crippen LogP contribution in [0.15, 0.2) is 48.5 Å². The second-order valence-corrected chi connectivity index (χ2v) is 11.6. The fourth-order valence-electron chi connectivity index (χ4n) is 6.50. The van der Waals surface area contributed by atoms with E-state index in [1.807, 2.05) is 6.92 Å². The Kier molecular flexibility index (Phi) is 10.5. The van der Waals surface area contributed by atoms with Gasteiger partial charge in [0.1, 0.15) is 0 Å². The van der Waals surface area contributed by atoms with Crippen LogP contribution in [0.25, 0.3) is 11.1 Å². The van der Waals surface area contributed by atoms with E-state index < -0.39 is 0 Å². The van der Waals surface area contributed by atoms with Gasteiger partial charge >= 0.3 is 5.97 Å². The first-order valence-electron chi connectivity index (χ1n) is 15.0. The fraction of sp³-hybridized carbons (Fsp3) is 0.618. The molecule has 0 bridgehead atoms. The summed E-state index contributed by atoms with van der Waals surface area (Å²) in [5.41, 5.74) is 5.59. The molecule has 0 atom stereocenters. The molecule has 2 nitrogen and oxygen atoms in total.